The van der Waals surface area contributed by atoms with Gasteiger partial charge in [0.1, 0.15) is 0 Å². The van der Waals surface area contributed by atoms with Crippen LogP contribution in [0.5, 0.6) is 0 Å². The van der Waals surface area contributed by atoms with E-state index < -0.39 is 0 Å². The van der Waals surface area contributed by atoms with E-state index in [9.17, 15) is 0 Å². The second kappa shape index (κ2) is 10.4. The van der Waals surface area contributed by atoms with Crippen molar-refractivity contribution >= 4 is 11.8 Å². The van der Waals surface area contributed by atoms with Crippen molar-refractivity contribution in [1.29, 1.82) is 0 Å². The predicted octanol–water partition coefficient (Wildman–Crippen LogP) is 2.14. The summed E-state index contributed by atoms with van der Waals surface area (Å²) < 4.78 is 5.31. The minimum atomic E-state index is 0.492. The van der Waals surface area contributed by atoms with Crippen LogP contribution in [0.1, 0.15) is 27.2 Å². The number of thioether (sulfide) groups is 1. The zero-order chi connectivity index (χ0) is 9.94. The van der Waals surface area contributed by atoms with E-state index in [-0.39, 0.29) is 0 Å². The first-order valence-electron chi connectivity index (χ1n) is 5.20. The maximum atomic E-state index is 5.31. The molecule has 0 aromatic rings. The molecule has 2 nitrogen and oxygen atoms in total. The van der Waals surface area contributed by atoms with Crippen LogP contribution in [-0.4, -0.2) is 37.3 Å². The molecule has 1 unspecified atom stereocenters. The molecule has 0 aliphatic rings. The van der Waals surface area contributed by atoms with Crippen molar-refractivity contribution in [3.8, 4) is 0 Å². The summed E-state index contributed by atoms with van der Waals surface area (Å²) in [7, 11) is 0. The van der Waals surface area contributed by atoms with Gasteiger partial charge in [-0.15, -0.1) is 0 Å². The molecule has 0 amide bonds. The van der Waals surface area contributed by atoms with Crippen molar-refractivity contribution in [2.45, 2.75) is 33.2 Å². The Morgan fingerprint density at radius 1 is 1.38 bits per heavy atom. The number of hydrogen-bond donors (Lipinski definition) is 1. The van der Waals surface area contributed by atoms with Gasteiger partial charge < -0.3 is 10.1 Å². The average Bonchev–Trinajstić information content (AvgIpc) is 2.14. The number of ether oxygens (including phenoxy) is 1. The van der Waals surface area contributed by atoms with Gasteiger partial charge in [0.25, 0.3) is 0 Å². The Kier molecular flexibility index (Phi) is 10.6. The third-order valence-corrected chi connectivity index (χ3v) is 2.72. The van der Waals surface area contributed by atoms with E-state index in [0.29, 0.717) is 6.04 Å². The number of hydrogen-bond acceptors (Lipinski definition) is 3. The molecule has 0 fully saturated rings. The second-order valence-electron chi connectivity index (χ2n) is 3.07. The molecule has 1 N–H and O–H groups in total. The maximum absolute atomic E-state index is 5.31. The Hall–Kier alpha value is 0.270. The van der Waals surface area contributed by atoms with Crippen LogP contribution in [0.4, 0.5) is 0 Å². The van der Waals surface area contributed by atoms with E-state index >= 15 is 0 Å². The molecule has 0 saturated carbocycles. The van der Waals surface area contributed by atoms with Crippen molar-refractivity contribution < 1.29 is 4.74 Å². The van der Waals surface area contributed by atoms with Gasteiger partial charge in [-0.25, -0.2) is 0 Å². The molecule has 0 aromatic heterocycles. The van der Waals surface area contributed by atoms with E-state index in [1.807, 2.05) is 18.7 Å². The fourth-order valence-electron chi connectivity index (χ4n) is 1.02. The summed E-state index contributed by atoms with van der Waals surface area (Å²) in [5.74, 6) is 2.50. The predicted molar refractivity (Wildman–Crippen MR) is 61.6 cm³/mol. The Balaban J connectivity index is 3.03. The Morgan fingerprint density at radius 2 is 2.15 bits per heavy atom. The Labute approximate surface area is 86.8 Å². The van der Waals surface area contributed by atoms with Gasteiger partial charge in [0.15, 0.2) is 0 Å². The van der Waals surface area contributed by atoms with Crippen LogP contribution >= 0.6 is 11.8 Å². The van der Waals surface area contributed by atoms with Crippen LogP contribution in [-0.2, 0) is 4.74 Å². The summed E-state index contributed by atoms with van der Waals surface area (Å²) in [5, 5.41) is 3.44. The molecule has 0 aliphatic carbocycles. The molecule has 0 aromatic carbocycles. The fourth-order valence-corrected chi connectivity index (χ4v) is 1.66. The Bertz CT molecular complexity index is 101. The number of rotatable bonds is 9. The summed E-state index contributed by atoms with van der Waals surface area (Å²) in [4.78, 5) is 0. The molecule has 80 valence electrons. The Morgan fingerprint density at radius 3 is 2.77 bits per heavy atom. The van der Waals surface area contributed by atoms with Crippen LogP contribution in [0.25, 0.3) is 0 Å². The molecular weight excluding hydrogens is 182 g/mol. The molecule has 0 heterocycles. The smallest absolute Gasteiger partial charge is 0.0616 e. The lowest BCUT2D eigenvalue weighted by Crippen LogP contribution is -2.31. The van der Waals surface area contributed by atoms with Gasteiger partial charge in [-0.3, -0.25) is 0 Å². The maximum Gasteiger partial charge on any atom is 0.0616 e. The third-order valence-electron chi connectivity index (χ3n) is 1.73. The van der Waals surface area contributed by atoms with E-state index in [1.54, 1.807) is 0 Å². The van der Waals surface area contributed by atoms with Gasteiger partial charge in [-0.05, 0) is 38.3 Å². The standard InChI is InChI=1S/C10H23NOS/c1-4-12-9-10(3)11-7-6-8-13-5-2/h10-11H,4-9H2,1-3H3. The minimum Gasteiger partial charge on any atom is -0.380 e. The van der Waals surface area contributed by atoms with Gasteiger partial charge in [-0.1, -0.05) is 6.92 Å². The van der Waals surface area contributed by atoms with Crippen molar-refractivity contribution in [3.05, 3.63) is 0 Å². The lowest BCUT2D eigenvalue weighted by atomic mass is 10.3. The highest BCUT2D eigenvalue weighted by Gasteiger charge is 1.98. The van der Waals surface area contributed by atoms with E-state index in [0.717, 1.165) is 19.8 Å². The van der Waals surface area contributed by atoms with Gasteiger partial charge in [0.2, 0.25) is 0 Å². The quantitative estimate of drug-likeness (QED) is 0.583. The van der Waals surface area contributed by atoms with Crippen LogP contribution < -0.4 is 5.32 Å². The summed E-state index contributed by atoms with van der Waals surface area (Å²) in [6, 6.07) is 0.492. The third kappa shape index (κ3) is 10.2. The molecule has 0 spiro atoms. The fraction of sp³-hybridized carbons (Fsp3) is 1.00. The largest absolute Gasteiger partial charge is 0.380 e. The van der Waals surface area contributed by atoms with E-state index in [4.69, 9.17) is 4.74 Å². The van der Waals surface area contributed by atoms with Gasteiger partial charge in [-0.2, -0.15) is 11.8 Å². The topological polar surface area (TPSA) is 21.3 Å². The summed E-state index contributed by atoms with van der Waals surface area (Å²) in [6.07, 6.45) is 1.26. The normalized spacial score (nSPS) is 13.2. The molecule has 0 rings (SSSR count). The second-order valence-corrected chi connectivity index (χ2v) is 4.46. The molecule has 0 bridgehead atoms. The minimum absolute atomic E-state index is 0.492. The van der Waals surface area contributed by atoms with Gasteiger partial charge in [0, 0.05) is 12.6 Å². The zero-order valence-corrected chi connectivity index (χ0v) is 9.95. The highest BCUT2D eigenvalue weighted by molar-refractivity contribution is 7.99. The van der Waals surface area contributed by atoms with E-state index in [1.165, 1.54) is 17.9 Å². The van der Waals surface area contributed by atoms with Crippen molar-refractivity contribution in [2.24, 2.45) is 0 Å². The SMILES string of the molecule is CCOCC(C)NCCCSCC. The highest BCUT2D eigenvalue weighted by atomic mass is 32.2. The molecular formula is C10H23NOS. The van der Waals surface area contributed by atoms with E-state index in [2.05, 4.69) is 19.2 Å². The molecule has 13 heavy (non-hydrogen) atoms. The van der Waals surface area contributed by atoms with Crippen LogP contribution in [0.15, 0.2) is 0 Å². The van der Waals surface area contributed by atoms with Crippen LogP contribution in [0.2, 0.25) is 0 Å². The molecule has 0 radical (unpaired) electrons. The zero-order valence-electron chi connectivity index (χ0n) is 9.14. The summed E-state index contributed by atoms with van der Waals surface area (Å²) in [5.41, 5.74) is 0. The van der Waals surface area contributed by atoms with Crippen LogP contribution in [0.3, 0.4) is 0 Å². The van der Waals surface area contributed by atoms with Gasteiger partial charge in [0.05, 0.1) is 6.61 Å². The first kappa shape index (κ1) is 13.3. The van der Waals surface area contributed by atoms with Crippen molar-refractivity contribution in [3.63, 3.8) is 0 Å². The van der Waals surface area contributed by atoms with Crippen molar-refractivity contribution in [2.75, 3.05) is 31.3 Å². The molecule has 0 aliphatic heterocycles. The highest BCUT2D eigenvalue weighted by Crippen LogP contribution is 1.99. The molecule has 1 atom stereocenters. The first-order chi connectivity index (χ1) is 6.31. The lowest BCUT2D eigenvalue weighted by Gasteiger charge is -2.12. The molecule has 3 heteroatoms. The average molecular weight is 205 g/mol. The monoisotopic (exact) mass is 205 g/mol. The summed E-state index contributed by atoms with van der Waals surface area (Å²) >= 11 is 2.01. The van der Waals surface area contributed by atoms with Crippen molar-refractivity contribution in [1.82, 2.24) is 5.32 Å². The molecule has 0 saturated heterocycles. The first-order valence-corrected chi connectivity index (χ1v) is 6.35. The number of nitrogens with one attached hydrogen (secondary N) is 1. The summed E-state index contributed by atoms with van der Waals surface area (Å²) in [6.45, 7) is 9.17. The van der Waals surface area contributed by atoms with Gasteiger partial charge >= 0.3 is 0 Å². The lowest BCUT2D eigenvalue weighted by molar-refractivity contribution is 0.127. The van der Waals surface area contributed by atoms with Crippen LogP contribution in [0, 0.1) is 0 Å².